The molecule has 3 nitrogen and oxygen atoms in total. The van der Waals surface area contributed by atoms with Crippen LogP contribution >= 0.6 is 11.6 Å². The van der Waals surface area contributed by atoms with E-state index in [4.69, 9.17) is 17.3 Å². The number of rotatable bonds is 3. The molecule has 2 aromatic rings. The van der Waals surface area contributed by atoms with Crippen molar-refractivity contribution >= 4 is 22.6 Å². The van der Waals surface area contributed by atoms with Crippen LogP contribution in [0.5, 0.6) is 0 Å². The van der Waals surface area contributed by atoms with Gasteiger partial charge in [-0.1, -0.05) is 18.5 Å². The molecule has 0 saturated heterocycles. The number of nitrogens with zero attached hydrogens (tertiary/aromatic N) is 1. The van der Waals surface area contributed by atoms with Crippen molar-refractivity contribution in [3.63, 3.8) is 0 Å². The Labute approximate surface area is 100 Å². The standard InChI is InChI=1S/C12H16ClN3/c1-7(6-14)3-9-4-10(13)12-11(5-9)15-8(2)16-12/h4-5,7H,3,6,14H2,1-2H3,(H,15,16). The number of aromatic amines is 1. The minimum absolute atomic E-state index is 0.470. The molecule has 0 radical (unpaired) electrons. The first-order valence-electron chi connectivity index (χ1n) is 5.45. The lowest BCUT2D eigenvalue weighted by atomic mass is 10.0. The van der Waals surface area contributed by atoms with Crippen molar-refractivity contribution in [1.29, 1.82) is 0 Å². The Morgan fingerprint density at radius 3 is 2.94 bits per heavy atom. The number of aryl methyl sites for hydroxylation is 1. The zero-order chi connectivity index (χ0) is 11.7. The molecule has 4 heteroatoms. The van der Waals surface area contributed by atoms with E-state index in [1.54, 1.807) is 0 Å². The highest BCUT2D eigenvalue weighted by molar-refractivity contribution is 6.35. The number of nitrogens with two attached hydrogens (primary N) is 1. The second-order valence-corrected chi connectivity index (χ2v) is 4.75. The number of hydrogen-bond donors (Lipinski definition) is 2. The summed E-state index contributed by atoms with van der Waals surface area (Å²) < 4.78 is 0. The van der Waals surface area contributed by atoms with Crippen LogP contribution in [0.4, 0.5) is 0 Å². The Balaban J connectivity index is 2.41. The number of H-pyrrole nitrogens is 1. The highest BCUT2D eigenvalue weighted by Gasteiger charge is 2.08. The number of benzene rings is 1. The summed E-state index contributed by atoms with van der Waals surface area (Å²) in [5.74, 6) is 1.36. The first-order chi connectivity index (χ1) is 7.60. The fourth-order valence-electron chi connectivity index (χ4n) is 1.86. The van der Waals surface area contributed by atoms with Crippen molar-refractivity contribution in [2.75, 3.05) is 6.54 Å². The minimum Gasteiger partial charge on any atom is -0.342 e. The number of hydrogen-bond acceptors (Lipinski definition) is 2. The van der Waals surface area contributed by atoms with Gasteiger partial charge in [-0.25, -0.2) is 4.98 Å². The van der Waals surface area contributed by atoms with Crippen LogP contribution in [-0.2, 0) is 6.42 Å². The second kappa shape index (κ2) is 4.44. The molecule has 0 saturated carbocycles. The van der Waals surface area contributed by atoms with Crippen LogP contribution in [0.25, 0.3) is 11.0 Å². The van der Waals surface area contributed by atoms with Crippen molar-refractivity contribution < 1.29 is 0 Å². The van der Waals surface area contributed by atoms with Gasteiger partial charge in [0.15, 0.2) is 0 Å². The van der Waals surface area contributed by atoms with Crippen LogP contribution in [-0.4, -0.2) is 16.5 Å². The molecule has 0 aliphatic rings. The molecule has 0 aliphatic heterocycles. The molecule has 0 spiro atoms. The SMILES string of the molecule is Cc1nc2c(Cl)cc(CC(C)CN)cc2[nH]1. The molecule has 2 rings (SSSR count). The first kappa shape index (κ1) is 11.4. The molecule has 16 heavy (non-hydrogen) atoms. The fraction of sp³-hybridized carbons (Fsp3) is 0.417. The highest BCUT2D eigenvalue weighted by atomic mass is 35.5. The number of halogens is 1. The molecule has 1 atom stereocenters. The summed E-state index contributed by atoms with van der Waals surface area (Å²) in [5, 5.41) is 0.709. The van der Waals surface area contributed by atoms with Gasteiger partial charge in [0.25, 0.3) is 0 Å². The summed E-state index contributed by atoms with van der Waals surface area (Å²) in [5.41, 5.74) is 8.68. The molecule has 0 amide bonds. The maximum absolute atomic E-state index is 6.19. The number of nitrogens with one attached hydrogen (secondary N) is 1. The van der Waals surface area contributed by atoms with Gasteiger partial charge in [0.1, 0.15) is 11.3 Å². The van der Waals surface area contributed by atoms with E-state index in [0.29, 0.717) is 17.5 Å². The average Bonchev–Trinajstić information content (AvgIpc) is 2.59. The Bertz CT molecular complexity index is 504. The predicted molar refractivity (Wildman–Crippen MR) is 67.8 cm³/mol. The Kier molecular flexibility index (Phi) is 3.17. The van der Waals surface area contributed by atoms with Gasteiger partial charge in [0.05, 0.1) is 10.5 Å². The van der Waals surface area contributed by atoms with E-state index in [9.17, 15) is 0 Å². The van der Waals surface area contributed by atoms with Crippen molar-refractivity contribution in [2.24, 2.45) is 11.7 Å². The number of aromatic nitrogens is 2. The van der Waals surface area contributed by atoms with Crippen molar-refractivity contribution in [2.45, 2.75) is 20.3 Å². The Morgan fingerprint density at radius 1 is 1.50 bits per heavy atom. The third-order valence-corrected chi connectivity index (χ3v) is 2.99. The van der Waals surface area contributed by atoms with Crippen LogP contribution in [0, 0.1) is 12.8 Å². The van der Waals surface area contributed by atoms with Crippen molar-refractivity contribution in [3.8, 4) is 0 Å². The van der Waals surface area contributed by atoms with E-state index in [1.807, 2.05) is 13.0 Å². The van der Waals surface area contributed by atoms with Crippen LogP contribution in [0.3, 0.4) is 0 Å². The van der Waals surface area contributed by atoms with Crippen LogP contribution < -0.4 is 5.73 Å². The molecule has 1 unspecified atom stereocenters. The van der Waals surface area contributed by atoms with Crippen molar-refractivity contribution in [1.82, 2.24) is 9.97 Å². The molecular weight excluding hydrogens is 222 g/mol. The maximum Gasteiger partial charge on any atom is 0.107 e. The van der Waals surface area contributed by atoms with E-state index >= 15 is 0 Å². The summed E-state index contributed by atoms with van der Waals surface area (Å²) in [6, 6.07) is 4.09. The molecule has 3 N–H and O–H groups in total. The maximum atomic E-state index is 6.19. The summed E-state index contributed by atoms with van der Waals surface area (Å²) >= 11 is 6.19. The first-order valence-corrected chi connectivity index (χ1v) is 5.82. The van der Waals surface area contributed by atoms with Crippen LogP contribution in [0.1, 0.15) is 18.3 Å². The number of fused-ring (bicyclic) bond motifs is 1. The molecule has 0 bridgehead atoms. The molecule has 1 aromatic heterocycles. The smallest absolute Gasteiger partial charge is 0.107 e. The van der Waals surface area contributed by atoms with E-state index in [-0.39, 0.29) is 0 Å². The predicted octanol–water partition coefficient (Wildman–Crippen LogP) is 2.66. The zero-order valence-electron chi connectivity index (χ0n) is 9.55. The average molecular weight is 238 g/mol. The largest absolute Gasteiger partial charge is 0.342 e. The Morgan fingerprint density at radius 2 is 2.25 bits per heavy atom. The zero-order valence-corrected chi connectivity index (χ0v) is 10.3. The molecule has 0 aliphatic carbocycles. The quantitative estimate of drug-likeness (QED) is 0.863. The van der Waals surface area contributed by atoms with Gasteiger partial charge in [0, 0.05) is 0 Å². The lowest BCUT2D eigenvalue weighted by Crippen LogP contribution is -2.13. The third kappa shape index (κ3) is 2.20. The second-order valence-electron chi connectivity index (χ2n) is 4.34. The normalized spacial score (nSPS) is 13.2. The van der Waals surface area contributed by atoms with Gasteiger partial charge in [-0.05, 0) is 43.5 Å². The molecule has 1 heterocycles. The molecular formula is C12H16ClN3. The summed E-state index contributed by atoms with van der Waals surface area (Å²) in [7, 11) is 0. The monoisotopic (exact) mass is 237 g/mol. The van der Waals surface area contributed by atoms with Crippen LogP contribution in [0.15, 0.2) is 12.1 Å². The van der Waals surface area contributed by atoms with E-state index in [1.165, 1.54) is 5.56 Å². The molecule has 0 fully saturated rings. The molecule has 1 aromatic carbocycles. The van der Waals surface area contributed by atoms with Crippen molar-refractivity contribution in [3.05, 3.63) is 28.5 Å². The van der Waals surface area contributed by atoms with Gasteiger partial charge in [-0.2, -0.15) is 0 Å². The topological polar surface area (TPSA) is 54.7 Å². The van der Waals surface area contributed by atoms with Gasteiger partial charge >= 0.3 is 0 Å². The van der Waals surface area contributed by atoms with Gasteiger partial charge in [0.2, 0.25) is 0 Å². The lowest BCUT2D eigenvalue weighted by molar-refractivity contribution is 0.593. The highest BCUT2D eigenvalue weighted by Crippen LogP contribution is 2.24. The number of imidazole rings is 1. The van der Waals surface area contributed by atoms with Crippen LogP contribution in [0.2, 0.25) is 5.02 Å². The minimum atomic E-state index is 0.470. The van der Waals surface area contributed by atoms with E-state index < -0.39 is 0 Å². The molecule has 86 valence electrons. The fourth-order valence-corrected chi connectivity index (χ4v) is 2.14. The van der Waals surface area contributed by atoms with E-state index in [0.717, 1.165) is 23.3 Å². The van der Waals surface area contributed by atoms with Gasteiger partial charge in [-0.3, -0.25) is 0 Å². The Hall–Kier alpha value is -1.06. The summed E-state index contributed by atoms with van der Waals surface area (Å²) in [4.78, 5) is 7.55. The summed E-state index contributed by atoms with van der Waals surface area (Å²) in [6.45, 7) is 4.76. The summed E-state index contributed by atoms with van der Waals surface area (Å²) in [6.07, 6.45) is 0.949. The van der Waals surface area contributed by atoms with Gasteiger partial charge < -0.3 is 10.7 Å². The van der Waals surface area contributed by atoms with Gasteiger partial charge in [-0.15, -0.1) is 0 Å². The third-order valence-electron chi connectivity index (χ3n) is 2.70. The van der Waals surface area contributed by atoms with E-state index in [2.05, 4.69) is 23.0 Å². The lowest BCUT2D eigenvalue weighted by Gasteiger charge is -2.08.